The summed E-state index contributed by atoms with van der Waals surface area (Å²) < 4.78 is 18.1. The van der Waals surface area contributed by atoms with Crippen LogP contribution in [-0.2, 0) is 9.59 Å². The largest absolute Gasteiger partial charge is 0.484 e. The van der Waals surface area contributed by atoms with E-state index in [1.165, 1.54) is 29.2 Å². The van der Waals surface area contributed by atoms with Gasteiger partial charge in [-0.15, -0.1) is 0 Å². The first-order valence-electron chi connectivity index (χ1n) is 5.98. The number of carbonyl (C=O) groups is 2. The highest BCUT2D eigenvalue weighted by atomic mass is 19.1. The minimum atomic E-state index is -1.00. The molecule has 0 saturated carbocycles. The summed E-state index contributed by atoms with van der Waals surface area (Å²) >= 11 is 0. The monoisotopic (exact) mass is 267 g/mol. The van der Waals surface area contributed by atoms with Gasteiger partial charge in [0.2, 0.25) is 0 Å². The van der Waals surface area contributed by atoms with Crippen LogP contribution in [0.15, 0.2) is 24.3 Å². The van der Waals surface area contributed by atoms with Gasteiger partial charge >= 0.3 is 5.97 Å². The van der Waals surface area contributed by atoms with Gasteiger partial charge in [-0.05, 0) is 25.0 Å². The lowest BCUT2D eigenvalue weighted by atomic mass is 10.2. The number of aliphatic carboxylic acids is 1. The van der Waals surface area contributed by atoms with Gasteiger partial charge in [-0.1, -0.05) is 6.07 Å². The maximum absolute atomic E-state index is 12.9. The Bertz CT molecular complexity index is 491. The highest BCUT2D eigenvalue weighted by Gasteiger charge is 2.33. The van der Waals surface area contributed by atoms with Gasteiger partial charge in [0.05, 0.1) is 0 Å². The maximum atomic E-state index is 12.9. The lowest BCUT2D eigenvalue weighted by Gasteiger charge is -2.21. The molecule has 0 radical (unpaired) electrons. The second-order valence-corrected chi connectivity index (χ2v) is 4.33. The molecule has 0 unspecified atom stereocenters. The smallest absolute Gasteiger partial charge is 0.326 e. The molecule has 102 valence electrons. The molecule has 19 heavy (non-hydrogen) atoms. The van der Waals surface area contributed by atoms with Crippen molar-refractivity contribution in [1.82, 2.24) is 4.90 Å². The van der Waals surface area contributed by atoms with E-state index in [1.54, 1.807) is 0 Å². The van der Waals surface area contributed by atoms with Crippen LogP contribution >= 0.6 is 0 Å². The fourth-order valence-corrected chi connectivity index (χ4v) is 2.11. The summed E-state index contributed by atoms with van der Waals surface area (Å²) in [6.07, 6.45) is 1.13. The first-order chi connectivity index (χ1) is 9.08. The number of rotatable bonds is 4. The molecule has 0 aliphatic carbocycles. The SMILES string of the molecule is O=C(O)[C@H]1CCCN1C(=O)COc1cccc(F)c1. The van der Waals surface area contributed by atoms with Gasteiger partial charge in [-0.3, -0.25) is 4.79 Å². The number of nitrogens with zero attached hydrogens (tertiary/aromatic N) is 1. The van der Waals surface area contributed by atoms with Gasteiger partial charge in [0, 0.05) is 12.6 Å². The third-order valence-electron chi connectivity index (χ3n) is 3.02. The zero-order valence-corrected chi connectivity index (χ0v) is 10.2. The van der Waals surface area contributed by atoms with Crippen LogP contribution in [0.3, 0.4) is 0 Å². The van der Waals surface area contributed by atoms with Crippen LogP contribution < -0.4 is 4.74 Å². The van der Waals surface area contributed by atoms with Crippen molar-refractivity contribution < 1.29 is 23.8 Å². The van der Waals surface area contributed by atoms with Crippen molar-refractivity contribution in [2.24, 2.45) is 0 Å². The molecule has 0 bridgehead atoms. The van der Waals surface area contributed by atoms with Crippen LogP contribution in [0.5, 0.6) is 5.75 Å². The number of halogens is 1. The van der Waals surface area contributed by atoms with E-state index in [-0.39, 0.29) is 12.4 Å². The minimum Gasteiger partial charge on any atom is -0.484 e. The second-order valence-electron chi connectivity index (χ2n) is 4.33. The number of likely N-dealkylation sites (tertiary alicyclic amines) is 1. The molecule has 1 saturated heterocycles. The number of carbonyl (C=O) groups excluding carboxylic acids is 1. The number of carboxylic acids is 1. The van der Waals surface area contributed by atoms with Crippen LogP contribution in [0.25, 0.3) is 0 Å². The highest BCUT2D eigenvalue weighted by Crippen LogP contribution is 2.18. The fourth-order valence-electron chi connectivity index (χ4n) is 2.11. The quantitative estimate of drug-likeness (QED) is 0.892. The predicted octanol–water partition coefficient (Wildman–Crippen LogP) is 1.28. The zero-order valence-electron chi connectivity index (χ0n) is 10.2. The van der Waals surface area contributed by atoms with Crippen LogP contribution in [-0.4, -0.2) is 41.1 Å². The number of carboxylic acid groups (broad SMARTS) is 1. The Morgan fingerprint density at radius 1 is 1.47 bits per heavy atom. The van der Waals surface area contributed by atoms with E-state index in [0.717, 1.165) is 0 Å². The molecular formula is C13H14FNO4. The number of ether oxygens (including phenoxy) is 1. The highest BCUT2D eigenvalue weighted by molar-refractivity contribution is 5.85. The van der Waals surface area contributed by atoms with Crippen LogP contribution in [0, 0.1) is 5.82 Å². The van der Waals surface area contributed by atoms with Crippen molar-refractivity contribution in [3.05, 3.63) is 30.1 Å². The molecule has 1 N–H and O–H groups in total. The zero-order chi connectivity index (χ0) is 13.8. The summed E-state index contributed by atoms with van der Waals surface area (Å²) in [5.74, 6) is -1.60. The normalized spacial score (nSPS) is 18.4. The van der Waals surface area contributed by atoms with Crippen LogP contribution in [0.4, 0.5) is 4.39 Å². The van der Waals surface area contributed by atoms with Gasteiger partial charge in [0.25, 0.3) is 5.91 Å². The van der Waals surface area contributed by atoms with Crippen molar-refractivity contribution in [3.63, 3.8) is 0 Å². The van der Waals surface area contributed by atoms with Crippen molar-refractivity contribution in [3.8, 4) is 5.75 Å². The van der Waals surface area contributed by atoms with Gasteiger partial charge in [-0.2, -0.15) is 0 Å². The Balaban J connectivity index is 1.92. The number of amides is 1. The molecule has 2 rings (SSSR count). The van der Waals surface area contributed by atoms with Crippen LogP contribution in [0.1, 0.15) is 12.8 Å². The maximum Gasteiger partial charge on any atom is 0.326 e. The Morgan fingerprint density at radius 2 is 2.26 bits per heavy atom. The molecule has 0 spiro atoms. The molecule has 5 nitrogen and oxygen atoms in total. The molecule has 1 aromatic rings. The van der Waals surface area contributed by atoms with Crippen LogP contribution in [0.2, 0.25) is 0 Å². The van der Waals surface area contributed by atoms with E-state index in [2.05, 4.69) is 0 Å². The first kappa shape index (κ1) is 13.3. The standard InChI is InChI=1S/C13H14FNO4/c14-9-3-1-4-10(7-9)19-8-12(16)15-6-2-5-11(15)13(17)18/h1,3-4,7,11H,2,5-6,8H2,(H,17,18)/t11-/m1/s1. The molecule has 1 atom stereocenters. The number of hydrogen-bond acceptors (Lipinski definition) is 3. The summed E-state index contributed by atoms with van der Waals surface area (Å²) in [6.45, 7) is 0.134. The van der Waals surface area contributed by atoms with Crippen molar-refractivity contribution >= 4 is 11.9 Å². The third kappa shape index (κ3) is 3.21. The van der Waals surface area contributed by atoms with Crippen molar-refractivity contribution in [2.45, 2.75) is 18.9 Å². The topological polar surface area (TPSA) is 66.8 Å². The van der Waals surface area contributed by atoms with Crippen molar-refractivity contribution in [1.29, 1.82) is 0 Å². The van der Waals surface area contributed by atoms with Gasteiger partial charge in [0.15, 0.2) is 6.61 Å². The third-order valence-corrected chi connectivity index (χ3v) is 3.02. The molecule has 1 fully saturated rings. The molecule has 1 amide bonds. The summed E-state index contributed by atoms with van der Waals surface area (Å²) in [7, 11) is 0. The predicted molar refractivity (Wildman–Crippen MR) is 64.3 cm³/mol. The minimum absolute atomic E-state index is 0.249. The fraction of sp³-hybridized carbons (Fsp3) is 0.385. The molecule has 1 heterocycles. The van der Waals surface area contributed by atoms with Crippen molar-refractivity contribution in [2.75, 3.05) is 13.2 Å². The lowest BCUT2D eigenvalue weighted by Crippen LogP contribution is -2.42. The Hall–Kier alpha value is -2.11. The average molecular weight is 267 g/mol. The summed E-state index contributed by atoms with van der Waals surface area (Å²) in [5, 5.41) is 8.97. The summed E-state index contributed by atoms with van der Waals surface area (Å²) in [6, 6.07) is 4.69. The Labute approximate surface area is 109 Å². The van der Waals surface area contributed by atoms with E-state index >= 15 is 0 Å². The van der Waals surface area contributed by atoms with Gasteiger partial charge in [0.1, 0.15) is 17.6 Å². The molecular weight excluding hydrogens is 253 g/mol. The molecule has 6 heteroatoms. The Kier molecular flexibility index (Phi) is 3.99. The average Bonchev–Trinajstić information content (AvgIpc) is 2.85. The van der Waals surface area contributed by atoms with E-state index in [0.29, 0.717) is 19.4 Å². The van der Waals surface area contributed by atoms with E-state index in [9.17, 15) is 14.0 Å². The van der Waals surface area contributed by atoms with E-state index < -0.39 is 23.7 Å². The lowest BCUT2D eigenvalue weighted by molar-refractivity contribution is -0.148. The molecule has 1 aliphatic heterocycles. The second kappa shape index (κ2) is 5.69. The van der Waals surface area contributed by atoms with E-state index in [1.807, 2.05) is 0 Å². The van der Waals surface area contributed by atoms with E-state index in [4.69, 9.17) is 9.84 Å². The number of benzene rings is 1. The van der Waals surface area contributed by atoms with Gasteiger partial charge in [-0.25, -0.2) is 9.18 Å². The molecule has 1 aliphatic rings. The Morgan fingerprint density at radius 3 is 2.95 bits per heavy atom. The first-order valence-corrected chi connectivity index (χ1v) is 5.98. The van der Waals surface area contributed by atoms with Gasteiger partial charge < -0.3 is 14.7 Å². The summed E-state index contributed by atoms with van der Waals surface area (Å²) in [4.78, 5) is 24.1. The number of hydrogen-bond donors (Lipinski definition) is 1. The molecule has 0 aromatic heterocycles. The molecule has 1 aromatic carbocycles. The summed E-state index contributed by atoms with van der Waals surface area (Å²) in [5.41, 5.74) is 0.